The zero-order valence-electron chi connectivity index (χ0n) is 23.4. The second-order valence-electron chi connectivity index (χ2n) is 9.94. The molecule has 0 spiro atoms. The maximum absolute atomic E-state index is 15.2. The van der Waals surface area contributed by atoms with Crippen LogP contribution in [0.2, 0.25) is 0 Å². The third kappa shape index (κ3) is 9.12. The Hall–Kier alpha value is -3.85. The summed E-state index contributed by atoms with van der Waals surface area (Å²) in [4.78, 5) is 28.8. The summed E-state index contributed by atoms with van der Waals surface area (Å²) in [5.41, 5.74) is 3.80. The van der Waals surface area contributed by atoms with Gasteiger partial charge in [-0.25, -0.2) is 4.39 Å². The number of halogens is 1. The lowest BCUT2D eigenvalue weighted by Gasteiger charge is -2.40. The lowest BCUT2D eigenvalue weighted by atomic mass is 9.99. The summed E-state index contributed by atoms with van der Waals surface area (Å²) in [6.45, 7) is 10.0. The molecular formula is C30H38FN3O6. The highest BCUT2D eigenvalue weighted by Crippen LogP contribution is 2.28. The standard InChI is InChI=1S/C30H38FN3O6/c1-6-24(39-21(4)19-35)16-25(8-10-29(36)32-23-11-13-33(5)14-12-23)40-28-9-7-22(15-27(28)31)30(37)34-17-26(18-34)38-20(2)3/h6-9,11,13-14,16,20-21,26-27,35H,1,10,15,17-19H2,2-5H3,(H,32,36)/b24-16+,25-8+/t21-,27?/m0/s1. The quantitative estimate of drug-likeness (QED) is 0.204. The topological polar surface area (TPSA) is 101 Å². The first kappa shape index (κ1) is 30.7. The van der Waals surface area contributed by atoms with Gasteiger partial charge in [-0.1, -0.05) is 12.3 Å². The Morgan fingerprint density at radius 1 is 1.27 bits per heavy atom. The molecule has 0 saturated carbocycles. The van der Waals surface area contributed by atoms with Crippen molar-refractivity contribution in [3.63, 3.8) is 0 Å². The van der Waals surface area contributed by atoms with E-state index in [0.717, 1.165) is 0 Å². The number of aliphatic hydroxyl groups excluding tert-OH is 1. The molecule has 0 bridgehead atoms. The number of amides is 2. The van der Waals surface area contributed by atoms with E-state index in [-0.39, 0.29) is 60.7 Å². The van der Waals surface area contributed by atoms with Crippen LogP contribution in [0.3, 0.4) is 0 Å². The first-order chi connectivity index (χ1) is 19.1. The molecule has 3 rings (SSSR count). The van der Waals surface area contributed by atoms with Gasteiger partial charge in [0.1, 0.15) is 23.4 Å². The first-order valence-corrected chi connectivity index (χ1v) is 13.2. The summed E-state index contributed by atoms with van der Waals surface area (Å²) in [6.07, 6.45) is 10.3. The number of carbonyl (C=O) groups is 2. The van der Waals surface area contributed by atoms with Crippen molar-refractivity contribution in [1.29, 1.82) is 0 Å². The van der Waals surface area contributed by atoms with Crippen LogP contribution in [-0.2, 0) is 23.8 Å². The van der Waals surface area contributed by atoms with Crippen molar-refractivity contribution in [3.8, 4) is 0 Å². The highest BCUT2D eigenvalue weighted by atomic mass is 19.1. The molecular weight excluding hydrogens is 517 g/mol. The highest BCUT2D eigenvalue weighted by Gasteiger charge is 2.35. The Balaban J connectivity index is 1.73. The molecule has 2 heterocycles. The van der Waals surface area contributed by atoms with Gasteiger partial charge in [0.05, 0.1) is 24.5 Å². The minimum atomic E-state index is -1.57. The van der Waals surface area contributed by atoms with Crippen molar-refractivity contribution in [2.24, 2.45) is 0 Å². The zero-order chi connectivity index (χ0) is 29.2. The summed E-state index contributed by atoms with van der Waals surface area (Å²) in [7, 11) is 1.84. The first-order valence-electron chi connectivity index (χ1n) is 13.2. The molecule has 0 radical (unpaired) electrons. The second-order valence-corrected chi connectivity index (χ2v) is 9.94. The van der Waals surface area contributed by atoms with Gasteiger partial charge in [0.2, 0.25) is 11.8 Å². The number of rotatable bonds is 13. The molecule has 10 heteroatoms. The van der Waals surface area contributed by atoms with Crippen LogP contribution in [0.4, 0.5) is 4.39 Å². The molecule has 2 N–H and O–H groups in total. The summed E-state index contributed by atoms with van der Waals surface area (Å²) in [5.74, 6) is -0.147. The smallest absolute Gasteiger partial charge is 0.250 e. The molecule has 0 aromatic rings. The van der Waals surface area contributed by atoms with E-state index in [1.165, 1.54) is 24.3 Å². The fraction of sp³-hybridized carbons (Fsp3) is 0.433. The van der Waals surface area contributed by atoms with Crippen LogP contribution in [-0.4, -0.2) is 77.9 Å². The summed E-state index contributed by atoms with van der Waals surface area (Å²) in [6, 6.07) is 0. The van der Waals surface area contributed by atoms with Crippen LogP contribution in [0, 0.1) is 0 Å². The summed E-state index contributed by atoms with van der Waals surface area (Å²) < 4.78 is 32.4. The van der Waals surface area contributed by atoms with E-state index in [9.17, 15) is 14.7 Å². The number of hydrogen-bond donors (Lipinski definition) is 2. The van der Waals surface area contributed by atoms with Crippen LogP contribution < -0.4 is 5.32 Å². The number of likely N-dealkylation sites (tertiary alicyclic amines) is 1. The van der Waals surface area contributed by atoms with E-state index in [2.05, 4.69) is 17.6 Å². The van der Waals surface area contributed by atoms with E-state index in [0.29, 0.717) is 24.4 Å². The summed E-state index contributed by atoms with van der Waals surface area (Å²) in [5, 5.41) is 12.1. The van der Waals surface area contributed by atoms with E-state index in [4.69, 9.17) is 14.2 Å². The van der Waals surface area contributed by atoms with Gasteiger partial charge in [-0.3, -0.25) is 9.59 Å². The van der Waals surface area contributed by atoms with E-state index < -0.39 is 12.3 Å². The lowest BCUT2D eigenvalue weighted by Crippen LogP contribution is -2.55. The largest absolute Gasteiger partial charge is 0.488 e. The molecule has 3 aliphatic rings. The molecule has 9 nitrogen and oxygen atoms in total. The monoisotopic (exact) mass is 555 g/mol. The third-order valence-corrected chi connectivity index (χ3v) is 6.01. The number of allylic oxidation sites excluding steroid dienone is 6. The second kappa shape index (κ2) is 14.5. The van der Waals surface area contributed by atoms with Crippen LogP contribution in [0.15, 0.2) is 89.7 Å². The lowest BCUT2D eigenvalue weighted by molar-refractivity contribution is -0.144. The van der Waals surface area contributed by atoms with Gasteiger partial charge in [0.15, 0.2) is 6.17 Å². The van der Waals surface area contributed by atoms with E-state index in [1.807, 2.05) is 20.9 Å². The average Bonchev–Trinajstić information content (AvgIpc) is 2.90. The summed E-state index contributed by atoms with van der Waals surface area (Å²) >= 11 is 0. The van der Waals surface area contributed by atoms with Crippen LogP contribution in [0.25, 0.3) is 0 Å². The van der Waals surface area contributed by atoms with Gasteiger partial charge in [0.25, 0.3) is 0 Å². The molecule has 2 amide bonds. The van der Waals surface area contributed by atoms with Gasteiger partial charge in [-0.15, -0.1) is 0 Å². The maximum atomic E-state index is 15.2. The molecule has 0 aromatic carbocycles. The normalized spacial score (nSPS) is 20.4. The Kier molecular flexibility index (Phi) is 11.1. The van der Waals surface area contributed by atoms with Crippen molar-refractivity contribution in [3.05, 3.63) is 89.7 Å². The number of nitrogens with one attached hydrogen (secondary N) is 1. The van der Waals surface area contributed by atoms with Crippen molar-refractivity contribution in [2.45, 2.75) is 58.1 Å². The number of aliphatic hydroxyl groups is 1. The predicted molar refractivity (Wildman–Crippen MR) is 149 cm³/mol. The van der Waals surface area contributed by atoms with Crippen LogP contribution in [0.5, 0.6) is 0 Å². The molecule has 216 valence electrons. The van der Waals surface area contributed by atoms with Crippen molar-refractivity contribution >= 4 is 11.8 Å². The van der Waals surface area contributed by atoms with Crippen molar-refractivity contribution < 1.29 is 33.3 Å². The molecule has 2 atom stereocenters. The fourth-order valence-corrected chi connectivity index (χ4v) is 3.93. The number of ether oxygens (including phenoxy) is 3. The third-order valence-electron chi connectivity index (χ3n) is 6.01. The van der Waals surface area contributed by atoms with Gasteiger partial charge in [-0.2, -0.15) is 0 Å². The highest BCUT2D eigenvalue weighted by molar-refractivity contribution is 5.94. The van der Waals surface area contributed by atoms with Gasteiger partial charge < -0.3 is 34.4 Å². The Morgan fingerprint density at radius 3 is 2.62 bits per heavy atom. The zero-order valence-corrected chi connectivity index (χ0v) is 23.4. The Morgan fingerprint density at radius 2 is 2.02 bits per heavy atom. The number of nitrogens with zero attached hydrogens (tertiary/aromatic N) is 2. The van der Waals surface area contributed by atoms with Crippen LogP contribution >= 0.6 is 0 Å². The average molecular weight is 556 g/mol. The molecule has 1 aliphatic carbocycles. The molecule has 0 aromatic heterocycles. The fourth-order valence-electron chi connectivity index (χ4n) is 3.93. The minimum Gasteiger partial charge on any atom is -0.488 e. The van der Waals surface area contributed by atoms with Crippen LogP contribution in [0.1, 0.15) is 33.6 Å². The molecule has 1 unspecified atom stereocenters. The van der Waals surface area contributed by atoms with Gasteiger partial charge in [-0.05, 0) is 51.2 Å². The van der Waals surface area contributed by atoms with E-state index >= 15 is 4.39 Å². The van der Waals surface area contributed by atoms with Gasteiger partial charge >= 0.3 is 0 Å². The number of alkyl halides is 1. The molecule has 2 aliphatic heterocycles. The Bertz CT molecular complexity index is 1190. The van der Waals surface area contributed by atoms with E-state index in [1.54, 1.807) is 41.3 Å². The maximum Gasteiger partial charge on any atom is 0.250 e. The number of hydrogen-bond acceptors (Lipinski definition) is 7. The SMILES string of the molecule is C=C/C(=C\C(=C/CC(=O)NC1=C=CN(C)C=C1)OC1=CC=C(C(=O)N2CC(OC(C)C)C2)CC1F)O[C@@H](C)CO. The predicted octanol–water partition coefficient (Wildman–Crippen LogP) is 3.50. The molecule has 40 heavy (non-hydrogen) atoms. The molecule has 1 saturated heterocycles. The van der Waals surface area contributed by atoms with Gasteiger partial charge in [0, 0.05) is 57.0 Å². The minimum absolute atomic E-state index is 0.00181. The van der Waals surface area contributed by atoms with Crippen molar-refractivity contribution in [2.75, 3.05) is 26.7 Å². The Labute approximate surface area is 234 Å². The molecule has 1 fully saturated rings. The van der Waals surface area contributed by atoms with Crippen molar-refractivity contribution in [1.82, 2.24) is 15.1 Å². The number of carbonyl (C=O) groups excluding carboxylic acids is 2.